The van der Waals surface area contributed by atoms with Gasteiger partial charge < -0.3 is 15.8 Å². The van der Waals surface area contributed by atoms with Gasteiger partial charge in [0.1, 0.15) is 17.8 Å². The number of aromatic nitrogens is 5. The number of nitrogen functional groups attached to an aromatic ring is 1. The zero-order chi connectivity index (χ0) is 16.9. The molecule has 0 aliphatic heterocycles. The average Bonchev–Trinajstić information content (AvgIpc) is 3.09. The first kappa shape index (κ1) is 15.6. The maximum atomic E-state index is 12.1. The second kappa shape index (κ2) is 6.86. The highest BCUT2D eigenvalue weighted by Crippen LogP contribution is 2.21. The molecule has 10 heteroatoms. The topological polar surface area (TPSA) is 104 Å². The summed E-state index contributed by atoms with van der Waals surface area (Å²) >= 11 is 0. The zero-order valence-corrected chi connectivity index (χ0v) is 12.3. The first-order valence-corrected chi connectivity index (χ1v) is 6.87. The van der Waals surface area contributed by atoms with Crippen LogP contribution in [0, 0.1) is 0 Å². The number of rotatable bonds is 6. The predicted molar refractivity (Wildman–Crippen MR) is 81.8 cm³/mol. The molecular formula is C14H13F2N7O. The first-order chi connectivity index (χ1) is 11.6. The minimum atomic E-state index is -2.88. The van der Waals surface area contributed by atoms with E-state index in [1.165, 1.54) is 23.3 Å². The molecule has 0 unspecified atom stereocenters. The van der Waals surface area contributed by atoms with Gasteiger partial charge in [0.25, 0.3) is 0 Å². The van der Waals surface area contributed by atoms with Crippen LogP contribution in [0.2, 0.25) is 0 Å². The number of hydrogen-bond acceptors (Lipinski definition) is 7. The number of nitrogens with zero attached hydrogens (tertiary/aromatic N) is 5. The van der Waals surface area contributed by atoms with Gasteiger partial charge in [-0.25, -0.2) is 14.6 Å². The van der Waals surface area contributed by atoms with Crippen LogP contribution in [-0.4, -0.2) is 31.3 Å². The molecule has 8 nitrogen and oxygen atoms in total. The van der Waals surface area contributed by atoms with Crippen LogP contribution in [0.15, 0.2) is 43.1 Å². The number of alkyl halides is 2. The molecule has 24 heavy (non-hydrogen) atoms. The van der Waals surface area contributed by atoms with E-state index in [2.05, 4.69) is 30.1 Å². The number of halogens is 2. The number of pyridine rings is 1. The van der Waals surface area contributed by atoms with Crippen molar-refractivity contribution in [1.29, 1.82) is 0 Å². The van der Waals surface area contributed by atoms with Gasteiger partial charge >= 0.3 is 6.61 Å². The van der Waals surface area contributed by atoms with E-state index in [0.717, 1.165) is 0 Å². The van der Waals surface area contributed by atoms with Gasteiger partial charge in [0.05, 0.1) is 18.4 Å². The molecule has 0 saturated heterocycles. The molecule has 124 valence electrons. The number of hydrogen-bond donors (Lipinski definition) is 2. The predicted octanol–water partition coefficient (Wildman–Crippen LogP) is 1.85. The summed E-state index contributed by atoms with van der Waals surface area (Å²) in [6, 6.07) is 4.73. The highest BCUT2D eigenvalue weighted by atomic mass is 19.3. The lowest BCUT2D eigenvalue weighted by Gasteiger charge is -2.11. The van der Waals surface area contributed by atoms with E-state index in [1.807, 2.05) is 0 Å². The summed E-state index contributed by atoms with van der Waals surface area (Å²) in [7, 11) is 0. The second-order valence-electron chi connectivity index (χ2n) is 4.63. The molecule has 0 bridgehead atoms. The minimum absolute atomic E-state index is 0.00346. The summed E-state index contributed by atoms with van der Waals surface area (Å²) in [5.41, 5.74) is 6.98. The SMILES string of the molecule is Nc1c(NCc2ccc(OC(F)F)cn2)ncnc1-n1cccn1. The Hall–Kier alpha value is -3.30. The van der Waals surface area contributed by atoms with Crippen molar-refractivity contribution in [3.8, 4) is 11.6 Å². The van der Waals surface area contributed by atoms with Gasteiger partial charge in [-0.3, -0.25) is 4.98 Å². The Kier molecular flexibility index (Phi) is 4.45. The third kappa shape index (κ3) is 3.54. The van der Waals surface area contributed by atoms with Gasteiger partial charge in [-0.15, -0.1) is 0 Å². The lowest BCUT2D eigenvalue weighted by atomic mass is 10.3. The van der Waals surface area contributed by atoms with Crippen molar-refractivity contribution >= 4 is 11.5 Å². The average molecular weight is 333 g/mol. The minimum Gasteiger partial charge on any atom is -0.433 e. The van der Waals surface area contributed by atoms with E-state index in [9.17, 15) is 8.78 Å². The van der Waals surface area contributed by atoms with Crippen LogP contribution in [-0.2, 0) is 6.54 Å². The van der Waals surface area contributed by atoms with Crippen LogP contribution in [0.1, 0.15) is 5.69 Å². The molecule has 3 heterocycles. The van der Waals surface area contributed by atoms with E-state index in [4.69, 9.17) is 5.73 Å². The lowest BCUT2D eigenvalue weighted by Crippen LogP contribution is -2.10. The van der Waals surface area contributed by atoms with Gasteiger partial charge in [0, 0.05) is 12.4 Å². The molecule has 3 N–H and O–H groups in total. The zero-order valence-electron chi connectivity index (χ0n) is 12.3. The molecule has 0 saturated carbocycles. The third-order valence-electron chi connectivity index (χ3n) is 3.04. The molecule has 3 rings (SSSR count). The van der Waals surface area contributed by atoms with Crippen LogP contribution in [0.4, 0.5) is 20.3 Å². The van der Waals surface area contributed by atoms with Crippen molar-refractivity contribution in [2.45, 2.75) is 13.2 Å². The van der Waals surface area contributed by atoms with Gasteiger partial charge in [0.15, 0.2) is 11.6 Å². The third-order valence-corrected chi connectivity index (χ3v) is 3.04. The Morgan fingerprint density at radius 3 is 2.79 bits per heavy atom. The monoisotopic (exact) mass is 333 g/mol. The Bertz CT molecular complexity index is 793. The van der Waals surface area contributed by atoms with Gasteiger partial charge in [0.2, 0.25) is 0 Å². The van der Waals surface area contributed by atoms with E-state index in [0.29, 0.717) is 29.6 Å². The summed E-state index contributed by atoms with van der Waals surface area (Å²) in [4.78, 5) is 12.2. The fourth-order valence-electron chi connectivity index (χ4n) is 1.97. The molecule has 0 atom stereocenters. The number of anilines is 2. The van der Waals surface area contributed by atoms with E-state index >= 15 is 0 Å². The normalized spacial score (nSPS) is 10.8. The highest BCUT2D eigenvalue weighted by molar-refractivity contribution is 5.68. The highest BCUT2D eigenvalue weighted by Gasteiger charge is 2.10. The van der Waals surface area contributed by atoms with Crippen LogP contribution in [0.25, 0.3) is 5.82 Å². The molecular weight excluding hydrogens is 320 g/mol. The van der Waals surface area contributed by atoms with E-state index in [-0.39, 0.29) is 5.75 Å². The molecule has 0 aromatic carbocycles. The molecule has 0 fully saturated rings. The Labute approximate surface area is 135 Å². The van der Waals surface area contributed by atoms with Gasteiger partial charge in [-0.2, -0.15) is 13.9 Å². The van der Waals surface area contributed by atoms with Crippen molar-refractivity contribution in [3.05, 3.63) is 48.8 Å². The second-order valence-corrected chi connectivity index (χ2v) is 4.63. The fraction of sp³-hybridized carbons (Fsp3) is 0.143. The summed E-state index contributed by atoms with van der Waals surface area (Å²) in [6.45, 7) is -2.58. The summed E-state index contributed by atoms with van der Waals surface area (Å²) < 4.78 is 29.9. The molecule has 0 amide bonds. The quantitative estimate of drug-likeness (QED) is 0.709. The number of ether oxygens (including phenoxy) is 1. The maximum Gasteiger partial charge on any atom is 0.387 e. The molecule has 3 aromatic heterocycles. The molecule has 0 radical (unpaired) electrons. The summed E-state index contributed by atoms with van der Waals surface area (Å²) in [5, 5.41) is 7.09. The van der Waals surface area contributed by atoms with E-state index < -0.39 is 6.61 Å². The van der Waals surface area contributed by atoms with E-state index in [1.54, 1.807) is 24.5 Å². The number of nitrogens with two attached hydrogens (primary N) is 1. The first-order valence-electron chi connectivity index (χ1n) is 6.87. The smallest absolute Gasteiger partial charge is 0.387 e. The standard InChI is InChI=1S/C14H13F2N7O/c15-14(16)24-10-3-2-9(18-7-10)6-19-12-11(17)13(21-8-20-12)23-5-1-4-22-23/h1-5,7-8,14H,6,17H2,(H,19,20,21). The van der Waals surface area contributed by atoms with Crippen LogP contribution in [0.5, 0.6) is 5.75 Å². The molecule has 3 aromatic rings. The van der Waals surface area contributed by atoms with Crippen molar-refractivity contribution < 1.29 is 13.5 Å². The van der Waals surface area contributed by atoms with Gasteiger partial charge in [-0.05, 0) is 18.2 Å². The summed E-state index contributed by atoms with van der Waals surface area (Å²) in [5.74, 6) is 0.868. The maximum absolute atomic E-state index is 12.1. The Morgan fingerprint density at radius 1 is 1.25 bits per heavy atom. The Balaban J connectivity index is 1.70. The van der Waals surface area contributed by atoms with Crippen molar-refractivity contribution in [1.82, 2.24) is 24.7 Å². The van der Waals surface area contributed by atoms with Gasteiger partial charge in [-0.1, -0.05) is 0 Å². The van der Waals surface area contributed by atoms with Crippen LogP contribution in [0.3, 0.4) is 0 Å². The molecule has 0 aliphatic rings. The summed E-state index contributed by atoms with van der Waals surface area (Å²) in [6.07, 6.45) is 5.91. The van der Waals surface area contributed by atoms with Crippen LogP contribution >= 0.6 is 0 Å². The number of nitrogens with one attached hydrogen (secondary N) is 1. The molecule has 0 aliphatic carbocycles. The van der Waals surface area contributed by atoms with Crippen molar-refractivity contribution in [2.75, 3.05) is 11.1 Å². The molecule has 0 spiro atoms. The largest absolute Gasteiger partial charge is 0.433 e. The van der Waals surface area contributed by atoms with Crippen molar-refractivity contribution in [2.24, 2.45) is 0 Å². The fourth-order valence-corrected chi connectivity index (χ4v) is 1.97. The Morgan fingerprint density at radius 2 is 2.12 bits per heavy atom. The van der Waals surface area contributed by atoms with Crippen LogP contribution < -0.4 is 15.8 Å². The lowest BCUT2D eigenvalue weighted by molar-refractivity contribution is -0.0500. The van der Waals surface area contributed by atoms with Crippen molar-refractivity contribution in [3.63, 3.8) is 0 Å².